The molecule has 1 atom stereocenters. The van der Waals surface area contributed by atoms with Crippen LogP contribution in [0.4, 0.5) is 5.69 Å². The van der Waals surface area contributed by atoms with Gasteiger partial charge in [-0.05, 0) is 20.8 Å². The fraction of sp³-hybridized carbons (Fsp3) is 0.545. The molecule has 7 heteroatoms. The van der Waals surface area contributed by atoms with E-state index in [0.717, 1.165) is 0 Å². The Labute approximate surface area is 105 Å². The number of aromatic nitrogens is 1. The van der Waals surface area contributed by atoms with E-state index in [1.807, 2.05) is 0 Å². The molecule has 0 aliphatic carbocycles. The molecule has 1 aromatic heterocycles. The molecule has 18 heavy (non-hydrogen) atoms. The van der Waals surface area contributed by atoms with Crippen molar-refractivity contribution in [3.05, 3.63) is 28.1 Å². The predicted octanol–water partition coefficient (Wildman–Crippen LogP) is 0.822. The number of nitrogens with one attached hydrogen (secondary N) is 1. The van der Waals surface area contributed by atoms with Gasteiger partial charge in [0.15, 0.2) is 0 Å². The molecular formula is C11H17N3O4. The Morgan fingerprint density at radius 2 is 2.17 bits per heavy atom. The minimum atomic E-state index is -0.809. The average molecular weight is 255 g/mol. The van der Waals surface area contributed by atoms with E-state index < -0.39 is 22.5 Å². The Bertz CT molecular complexity index is 477. The molecule has 1 unspecified atom stereocenters. The third-order valence-corrected chi connectivity index (χ3v) is 2.91. The molecule has 7 nitrogen and oxygen atoms in total. The third-order valence-electron chi connectivity index (χ3n) is 2.91. The molecule has 0 saturated heterocycles. The first-order valence-electron chi connectivity index (χ1n) is 5.46. The van der Waals surface area contributed by atoms with Crippen molar-refractivity contribution in [1.82, 2.24) is 9.88 Å². The summed E-state index contributed by atoms with van der Waals surface area (Å²) in [5, 5.41) is 22.7. The first kappa shape index (κ1) is 14.2. The normalized spacial score (nSPS) is 13.2. The molecule has 0 saturated carbocycles. The van der Waals surface area contributed by atoms with E-state index in [-0.39, 0.29) is 11.4 Å². The summed E-state index contributed by atoms with van der Waals surface area (Å²) in [5.41, 5.74) is -0.774. The molecule has 0 aliphatic heterocycles. The zero-order valence-electron chi connectivity index (χ0n) is 10.8. The van der Waals surface area contributed by atoms with Crippen molar-refractivity contribution in [2.24, 2.45) is 7.05 Å². The second kappa shape index (κ2) is 4.77. The zero-order valence-corrected chi connectivity index (χ0v) is 10.8. The van der Waals surface area contributed by atoms with Crippen molar-refractivity contribution in [3.63, 3.8) is 0 Å². The zero-order chi connectivity index (χ0) is 14.1. The first-order chi connectivity index (χ1) is 8.15. The lowest BCUT2D eigenvalue weighted by Gasteiger charge is -2.29. The lowest BCUT2D eigenvalue weighted by molar-refractivity contribution is -0.384. The quantitative estimate of drug-likeness (QED) is 0.614. The summed E-state index contributed by atoms with van der Waals surface area (Å²) in [6, 6.07) is 1.20. The highest BCUT2D eigenvalue weighted by molar-refractivity contribution is 5.94. The summed E-state index contributed by atoms with van der Waals surface area (Å²) in [6.07, 6.45) is 0.529. The average Bonchev–Trinajstić information content (AvgIpc) is 2.59. The number of aliphatic hydroxyl groups is 1. The summed E-state index contributed by atoms with van der Waals surface area (Å²) in [4.78, 5) is 22.0. The van der Waals surface area contributed by atoms with Crippen molar-refractivity contribution in [3.8, 4) is 0 Å². The Morgan fingerprint density at radius 3 is 2.56 bits per heavy atom. The van der Waals surface area contributed by atoms with E-state index in [2.05, 4.69) is 5.32 Å². The lowest BCUT2D eigenvalue weighted by Crippen LogP contribution is -2.51. The van der Waals surface area contributed by atoms with E-state index in [4.69, 9.17) is 0 Å². The molecule has 1 aromatic rings. The van der Waals surface area contributed by atoms with Crippen LogP contribution in [-0.4, -0.2) is 32.1 Å². The summed E-state index contributed by atoms with van der Waals surface area (Å²) >= 11 is 0. The number of amides is 1. The third kappa shape index (κ3) is 2.86. The van der Waals surface area contributed by atoms with Crippen LogP contribution < -0.4 is 5.32 Å². The minimum absolute atomic E-state index is 0.141. The molecule has 0 fully saturated rings. The van der Waals surface area contributed by atoms with Gasteiger partial charge in [0, 0.05) is 13.1 Å². The van der Waals surface area contributed by atoms with Crippen LogP contribution in [0.25, 0.3) is 0 Å². The van der Waals surface area contributed by atoms with Gasteiger partial charge in [0.25, 0.3) is 11.6 Å². The maximum Gasteiger partial charge on any atom is 0.287 e. The van der Waals surface area contributed by atoms with E-state index >= 15 is 0 Å². The number of rotatable bonds is 4. The fourth-order valence-electron chi connectivity index (χ4n) is 1.33. The van der Waals surface area contributed by atoms with Crippen LogP contribution in [0.3, 0.4) is 0 Å². The number of hydrogen-bond donors (Lipinski definition) is 2. The van der Waals surface area contributed by atoms with Gasteiger partial charge in [-0.3, -0.25) is 14.9 Å². The fourth-order valence-corrected chi connectivity index (χ4v) is 1.33. The number of nitro groups is 1. The molecule has 0 bridgehead atoms. The van der Waals surface area contributed by atoms with Gasteiger partial charge in [-0.25, -0.2) is 0 Å². The smallest absolute Gasteiger partial charge is 0.287 e. The Morgan fingerprint density at radius 1 is 1.61 bits per heavy atom. The molecule has 0 radical (unpaired) electrons. The van der Waals surface area contributed by atoms with Gasteiger partial charge in [-0.1, -0.05) is 0 Å². The van der Waals surface area contributed by atoms with E-state index in [9.17, 15) is 20.0 Å². The SMILES string of the molecule is CC(O)C(C)(C)NC(=O)c1cc([N+](=O)[O-])cn1C. The highest BCUT2D eigenvalue weighted by Gasteiger charge is 2.28. The number of aryl methyl sites for hydroxylation is 1. The molecule has 1 amide bonds. The van der Waals surface area contributed by atoms with Crippen molar-refractivity contribution in [2.45, 2.75) is 32.4 Å². The number of carbonyl (C=O) groups is 1. The monoisotopic (exact) mass is 255 g/mol. The standard InChI is InChI=1S/C11H17N3O4/c1-7(15)11(2,3)12-10(16)9-5-8(14(17)18)6-13(9)4/h5-7,15H,1-4H3,(H,12,16). The highest BCUT2D eigenvalue weighted by Crippen LogP contribution is 2.16. The Hall–Kier alpha value is -1.89. The second-order valence-corrected chi connectivity index (χ2v) is 4.80. The van der Waals surface area contributed by atoms with E-state index in [1.54, 1.807) is 27.8 Å². The van der Waals surface area contributed by atoms with Gasteiger partial charge < -0.3 is 15.0 Å². The van der Waals surface area contributed by atoms with Gasteiger partial charge in [0.1, 0.15) is 5.69 Å². The van der Waals surface area contributed by atoms with Gasteiger partial charge in [0.2, 0.25) is 0 Å². The summed E-state index contributed by atoms with van der Waals surface area (Å²) in [7, 11) is 1.55. The summed E-state index contributed by atoms with van der Waals surface area (Å²) in [6.45, 7) is 4.91. The van der Waals surface area contributed by atoms with Crippen molar-refractivity contribution in [1.29, 1.82) is 0 Å². The van der Waals surface area contributed by atoms with Crippen LogP contribution in [0.15, 0.2) is 12.3 Å². The van der Waals surface area contributed by atoms with E-state index in [1.165, 1.54) is 16.8 Å². The van der Waals surface area contributed by atoms with Crippen molar-refractivity contribution < 1.29 is 14.8 Å². The maximum absolute atomic E-state index is 12.0. The molecule has 2 N–H and O–H groups in total. The Kier molecular flexibility index (Phi) is 3.76. The van der Waals surface area contributed by atoms with Crippen LogP contribution in [-0.2, 0) is 7.05 Å². The lowest BCUT2D eigenvalue weighted by atomic mass is 9.98. The van der Waals surface area contributed by atoms with Crippen molar-refractivity contribution >= 4 is 11.6 Å². The summed E-state index contributed by atoms with van der Waals surface area (Å²) in [5.74, 6) is -0.462. The van der Waals surface area contributed by atoms with Crippen molar-refractivity contribution in [2.75, 3.05) is 0 Å². The molecule has 0 aliphatic rings. The van der Waals surface area contributed by atoms with Gasteiger partial charge >= 0.3 is 0 Å². The number of hydrogen-bond acceptors (Lipinski definition) is 4. The minimum Gasteiger partial charge on any atom is -0.391 e. The number of aliphatic hydroxyl groups excluding tert-OH is 1. The van der Waals surface area contributed by atoms with E-state index in [0.29, 0.717) is 0 Å². The number of nitrogens with zero attached hydrogens (tertiary/aromatic N) is 2. The second-order valence-electron chi connectivity index (χ2n) is 4.80. The molecule has 0 spiro atoms. The van der Waals surface area contributed by atoms with Crippen LogP contribution in [0.1, 0.15) is 31.3 Å². The number of carbonyl (C=O) groups excluding carboxylic acids is 1. The molecule has 1 heterocycles. The summed E-state index contributed by atoms with van der Waals surface area (Å²) < 4.78 is 1.38. The Balaban J connectivity index is 2.95. The molecule has 1 rings (SSSR count). The highest BCUT2D eigenvalue weighted by atomic mass is 16.6. The van der Waals surface area contributed by atoms with Gasteiger partial charge in [-0.2, -0.15) is 0 Å². The molecule has 100 valence electrons. The topological polar surface area (TPSA) is 97.4 Å². The largest absolute Gasteiger partial charge is 0.391 e. The predicted molar refractivity (Wildman–Crippen MR) is 65.3 cm³/mol. The van der Waals surface area contributed by atoms with Gasteiger partial charge in [0.05, 0.1) is 22.8 Å². The van der Waals surface area contributed by atoms with Crippen LogP contribution in [0, 0.1) is 10.1 Å². The van der Waals surface area contributed by atoms with Crippen LogP contribution in [0.5, 0.6) is 0 Å². The first-order valence-corrected chi connectivity index (χ1v) is 5.46. The maximum atomic E-state index is 12.0. The molecular weight excluding hydrogens is 238 g/mol. The van der Waals surface area contributed by atoms with Crippen LogP contribution >= 0.6 is 0 Å². The van der Waals surface area contributed by atoms with Gasteiger partial charge in [-0.15, -0.1) is 0 Å². The van der Waals surface area contributed by atoms with Crippen LogP contribution in [0.2, 0.25) is 0 Å². The molecule has 0 aromatic carbocycles.